The van der Waals surface area contributed by atoms with E-state index in [1.165, 1.54) is 31.2 Å². The number of Topliss-reactive ketones (excluding diaryl/α,β-unsaturated/α-hetero) is 1. The van der Waals surface area contributed by atoms with Crippen LogP contribution in [0.3, 0.4) is 0 Å². The molecule has 2 heteroatoms. The van der Waals surface area contributed by atoms with Gasteiger partial charge in [-0.2, -0.15) is 0 Å². The van der Waals surface area contributed by atoms with E-state index in [4.69, 9.17) is 0 Å². The zero-order valence-electron chi connectivity index (χ0n) is 13.1. The van der Waals surface area contributed by atoms with Crippen molar-refractivity contribution in [1.82, 2.24) is 4.90 Å². The first-order valence-corrected chi connectivity index (χ1v) is 7.86. The number of ketones is 1. The molecular formula is C18H27NO. The van der Waals surface area contributed by atoms with E-state index in [1.54, 1.807) is 0 Å². The van der Waals surface area contributed by atoms with Gasteiger partial charge in [0.1, 0.15) is 0 Å². The number of nitrogens with zero attached hydrogens (tertiary/aromatic N) is 1. The zero-order chi connectivity index (χ0) is 14.5. The summed E-state index contributed by atoms with van der Waals surface area (Å²) in [5.74, 6) is 1.10. The van der Waals surface area contributed by atoms with Crippen LogP contribution in [0.5, 0.6) is 0 Å². The molecule has 0 spiro atoms. The van der Waals surface area contributed by atoms with Crippen LogP contribution in [0.15, 0.2) is 24.3 Å². The summed E-state index contributed by atoms with van der Waals surface area (Å²) in [7, 11) is 2.17. The van der Waals surface area contributed by atoms with Crippen molar-refractivity contribution in [3.63, 3.8) is 0 Å². The van der Waals surface area contributed by atoms with Crippen LogP contribution in [0, 0.1) is 12.8 Å². The number of hydrogen-bond donors (Lipinski definition) is 0. The van der Waals surface area contributed by atoms with Gasteiger partial charge in [0.25, 0.3) is 0 Å². The summed E-state index contributed by atoms with van der Waals surface area (Å²) in [4.78, 5) is 14.6. The number of hydrogen-bond acceptors (Lipinski definition) is 2. The third kappa shape index (κ3) is 4.17. The van der Waals surface area contributed by atoms with Gasteiger partial charge in [-0.15, -0.1) is 0 Å². The summed E-state index contributed by atoms with van der Waals surface area (Å²) in [6.45, 7) is 5.27. The summed E-state index contributed by atoms with van der Waals surface area (Å²) in [5, 5.41) is 0. The van der Waals surface area contributed by atoms with E-state index in [1.807, 2.05) is 31.2 Å². The van der Waals surface area contributed by atoms with Gasteiger partial charge in [-0.3, -0.25) is 4.79 Å². The summed E-state index contributed by atoms with van der Waals surface area (Å²) in [5.41, 5.74) is 2.05. The van der Waals surface area contributed by atoms with Crippen molar-refractivity contribution in [3.05, 3.63) is 35.4 Å². The summed E-state index contributed by atoms with van der Waals surface area (Å²) in [6, 6.07) is 8.59. The Balaban J connectivity index is 1.82. The average molecular weight is 273 g/mol. The predicted molar refractivity (Wildman–Crippen MR) is 84.2 cm³/mol. The Hall–Kier alpha value is -1.15. The Kier molecular flexibility index (Phi) is 5.36. The lowest BCUT2D eigenvalue weighted by atomic mass is 9.86. The van der Waals surface area contributed by atoms with Crippen LogP contribution < -0.4 is 0 Å². The van der Waals surface area contributed by atoms with Gasteiger partial charge >= 0.3 is 0 Å². The SMILES string of the molecule is Cc1ccc(C(=O)CCN(C)C2CCCC(C)C2)cc1. The van der Waals surface area contributed by atoms with Gasteiger partial charge in [-0.05, 0) is 32.7 Å². The van der Waals surface area contributed by atoms with Crippen LogP contribution in [-0.2, 0) is 0 Å². The highest BCUT2D eigenvalue weighted by Gasteiger charge is 2.22. The molecule has 1 aliphatic carbocycles. The van der Waals surface area contributed by atoms with Crippen molar-refractivity contribution in [3.8, 4) is 0 Å². The molecule has 0 aliphatic heterocycles. The Morgan fingerprint density at radius 3 is 2.60 bits per heavy atom. The smallest absolute Gasteiger partial charge is 0.164 e. The molecule has 0 radical (unpaired) electrons. The highest BCUT2D eigenvalue weighted by molar-refractivity contribution is 5.96. The topological polar surface area (TPSA) is 20.3 Å². The molecular weight excluding hydrogens is 246 g/mol. The van der Waals surface area contributed by atoms with Crippen LogP contribution in [-0.4, -0.2) is 30.3 Å². The van der Waals surface area contributed by atoms with Crippen LogP contribution in [0.2, 0.25) is 0 Å². The van der Waals surface area contributed by atoms with Crippen LogP contribution in [0.25, 0.3) is 0 Å². The second-order valence-electron chi connectivity index (χ2n) is 6.45. The lowest BCUT2D eigenvalue weighted by Gasteiger charge is -2.34. The maximum atomic E-state index is 12.2. The first kappa shape index (κ1) is 15.2. The lowest BCUT2D eigenvalue weighted by Crippen LogP contribution is -2.36. The summed E-state index contributed by atoms with van der Waals surface area (Å²) < 4.78 is 0. The Morgan fingerprint density at radius 1 is 1.25 bits per heavy atom. The van der Waals surface area contributed by atoms with E-state index < -0.39 is 0 Å². The minimum absolute atomic E-state index is 0.265. The fourth-order valence-electron chi connectivity index (χ4n) is 3.15. The van der Waals surface area contributed by atoms with Crippen molar-refractivity contribution >= 4 is 5.78 Å². The highest BCUT2D eigenvalue weighted by Crippen LogP contribution is 2.26. The number of carbonyl (C=O) groups excluding carboxylic acids is 1. The fraction of sp³-hybridized carbons (Fsp3) is 0.611. The minimum atomic E-state index is 0.265. The second kappa shape index (κ2) is 7.03. The third-order valence-electron chi connectivity index (χ3n) is 4.60. The van der Waals surface area contributed by atoms with Crippen LogP contribution in [0.4, 0.5) is 0 Å². The van der Waals surface area contributed by atoms with E-state index >= 15 is 0 Å². The standard InChI is InChI=1S/C18H27NO/c1-14-7-9-16(10-8-14)18(20)11-12-19(3)17-6-4-5-15(2)13-17/h7-10,15,17H,4-6,11-13H2,1-3H3. The van der Waals surface area contributed by atoms with Crippen molar-refractivity contribution in [2.75, 3.05) is 13.6 Å². The molecule has 1 saturated carbocycles. The maximum absolute atomic E-state index is 12.2. The number of carbonyl (C=O) groups is 1. The van der Waals surface area contributed by atoms with Crippen molar-refractivity contribution in [2.45, 2.75) is 52.0 Å². The number of rotatable bonds is 5. The Morgan fingerprint density at radius 2 is 1.95 bits per heavy atom. The third-order valence-corrected chi connectivity index (χ3v) is 4.60. The Labute approximate surface area is 123 Å². The van der Waals surface area contributed by atoms with E-state index in [9.17, 15) is 4.79 Å². The molecule has 0 aromatic heterocycles. The fourth-order valence-corrected chi connectivity index (χ4v) is 3.15. The number of benzene rings is 1. The van der Waals surface area contributed by atoms with E-state index in [-0.39, 0.29) is 5.78 Å². The first-order chi connectivity index (χ1) is 9.56. The van der Waals surface area contributed by atoms with E-state index in [0.29, 0.717) is 12.5 Å². The molecule has 1 fully saturated rings. The first-order valence-electron chi connectivity index (χ1n) is 7.86. The monoisotopic (exact) mass is 273 g/mol. The molecule has 0 amide bonds. The van der Waals surface area contributed by atoms with Crippen molar-refractivity contribution < 1.29 is 4.79 Å². The molecule has 2 atom stereocenters. The molecule has 2 nitrogen and oxygen atoms in total. The van der Waals surface area contributed by atoms with Gasteiger partial charge in [0.15, 0.2) is 5.78 Å². The molecule has 2 rings (SSSR count). The summed E-state index contributed by atoms with van der Waals surface area (Å²) in [6.07, 6.45) is 5.91. The molecule has 0 N–H and O–H groups in total. The molecule has 0 heterocycles. The van der Waals surface area contributed by atoms with Gasteiger partial charge in [0.05, 0.1) is 0 Å². The zero-order valence-corrected chi connectivity index (χ0v) is 13.1. The van der Waals surface area contributed by atoms with Crippen LogP contribution in [0.1, 0.15) is 54.9 Å². The van der Waals surface area contributed by atoms with Gasteiger partial charge < -0.3 is 4.90 Å². The predicted octanol–water partition coefficient (Wildman–Crippen LogP) is 4.08. The molecule has 1 aromatic carbocycles. The van der Waals surface area contributed by atoms with Gasteiger partial charge in [0, 0.05) is 24.6 Å². The van der Waals surface area contributed by atoms with Crippen molar-refractivity contribution in [1.29, 1.82) is 0 Å². The molecule has 110 valence electrons. The number of aryl methyl sites for hydroxylation is 1. The van der Waals surface area contributed by atoms with E-state index in [2.05, 4.69) is 18.9 Å². The molecule has 1 aliphatic rings. The molecule has 0 bridgehead atoms. The van der Waals surface area contributed by atoms with E-state index in [0.717, 1.165) is 18.0 Å². The van der Waals surface area contributed by atoms with Gasteiger partial charge in [-0.25, -0.2) is 0 Å². The van der Waals surface area contributed by atoms with Crippen molar-refractivity contribution in [2.24, 2.45) is 5.92 Å². The minimum Gasteiger partial charge on any atom is -0.303 e. The second-order valence-corrected chi connectivity index (χ2v) is 6.45. The quantitative estimate of drug-likeness (QED) is 0.753. The largest absolute Gasteiger partial charge is 0.303 e. The lowest BCUT2D eigenvalue weighted by molar-refractivity contribution is 0.0945. The average Bonchev–Trinajstić information content (AvgIpc) is 2.45. The maximum Gasteiger partial charge on any atom is 0.164 e. The van der Waals surface area contributed by atoms with Gasteiger partial charge in [-0.1, -0.05) is 49.6 Å². The summed E-state index contributed by atoms with van der Waals surface area (Å²) >= 11 is 0. The normalized spacial score (nSPS) is 23.0. The highest BCUT2D eigenvalue weighted by atomic mass is 16.1. The Bertz CT molecular complexity index is 437. The molecule has 20 heavy (non-hydrogen) atoms. The van der Waals surface area contributed by atoms with Crippen LogP contribution >= 0.6 is 0 Å². The molecule has 1 aromatic rings. The molecule has 0 saturated heterocycles. The molecule has 2 unspecified atom stereocenters. The van der Waals surface area contributed by atoms with Gasteiger partial charge in [0.2, 0.25) is 0 Å².